The van der Waals surface area contributed by atoms with E-state index in [1.807, 2.05) is 71.6 Å². The lowest BCUT2D eigenvalue weighted by Crippen LogP contribution is -2.25. The molecular formula is C21H20N4O2. The largest absolute Gasteiger partial charge is 0.412 e. The van der Waals surface area contributed by atoms with Crippen molar-refractivity contribution in [2.45, 2.75) is 6.42 Å². The summed E-state index contributed by atoms with van der Waals surface area (Å²) in [7, 11) is 0. The van der Waals surface area contributed by atoms with Gasteiger partial charge < -0.3 is 16.1 Å². The first kappa shape index (κ1) is 18.3. The van der Waals surface area contributed by atoms with Crippen molar-refractivity contribution >= 4 is 28.8 Å². The van der Waals surface area contributed by atoms with Crippen LogP contribution in [0.1, 0.15) is 17.5 Å². The average molecular weight is 360 g/mol. The first-order valence-electron chi connectivity index (χ1n) is 8.48. The summed E-state index contributed by atoms with van der Waals surface area (Å²) in [6, 6.07) is 21.9. The van der Waals surface area contributed by atoms with E-state index in [4.69, 9.17) is 10.7 Å². The monoisotopic (exact) mass is 360 g/mol. The molecule has 27 heavy (non-hydrogen) atoms. The van der Waals surface area contributed by atoms with Crippen molar-refractivity contribution in [2.75, 3.05) is 11.4 Å². The average Bonchev–Trinajstić information content (AvgIpc) is 2.82. The molecule has 0 radical (unpaired) electrons. The zero-order chi connectivity index (χ0) is 17.9. The van der Waals surface area contributed by atoms with Gasteiger partial charge in [0.05, 0.1) is 11.4 Å². The molecule has 0 unspecified atom stereocenters. The Morgan fingerprint density at radius 3 is 2.48 bits per heavy atom. The number of fused-ring (bicyclic) bond motifs is 2. The third-order valence-electron chi connectivity index (χ3n) is 4.33. The van der Waals surface area contributed by atoms with Gasteiger partial charge in [0, 0.05) is 30.3 Å². The van der Waals surface area contributed by atoms with Crippen LogP contribution in [0.5, 0.6) is 0 Å². The third kappa shape index (κ3) is 3.56. The van der Waals surface area contributed by atoms with E-state index in [9.17, 15) is 4.79 Å². The fourth-order valence-corrected chi connectivity index (χ4v) is 3.15. The standard InChI is InChI=1S/C21H18N4O.H2O/c22-19(26)12-14-25-18-11-5-4-9-16(18)20(15-7-2-1-3-8-15)24-17-10-6-13-23-21(17)25;/h1-11,13H,12,14H2,(H2,22,26);1H2. The van der Waals surface area contributed by atoms with Crippen molar-refractivity contribution in [1.29, 1.82) is 0 Å². The highest BCUT2D eigenvalue weighted by atomic mass is 16.1. The number of nitrogens with two attached hydrogens (primary N) is 1. The van der Waals surface area contributed by atoms with Crippen molar-refractivity contribution in [3.05, 3.63) is 84.1 Å². The molecule has 1 aliphatic rings. The van der Waals surface area contributed by atoms with E-state index in [0.29, 0.717) is 6.54 Å². The molecule has 2 heterocycles. The highest BCUT2D eigenvalue weighted by molar-refractivity contribution is 6.18. The van der Waals surface area contributed by atoms with Gasteiger partial charge >= 0.3 is 0 Å². The molecule has 1 aromatic heterocycles. The third-order valence-corrected chi connectivity index (χ3v) is 4.33. The quantitative estimate of drug-likeness (QED) is 0.773. The van der Waals surface area contributed by atoms with Gasteiger partial charge in [-0.05, 0) is 18.2 Å². The molecule has 4 N–H and O–H groups in total. The topological polar surface area (TPSA) is 103 Å². The lowest BCUT2D eigenvalue weighted by molar-refractivity contribution is -0.117. The molecule has 2 aromatic carbocycles. The Kier molecular flexibility index (Phi) is 5.28. The van der Waals surface area contributed by atoms with Gasteiger partial charge in [0.15, 0.2) is 5.82 Å². The molecule has 6 heteroatoms. The SMILES string of the molecule is NC(=O)CCN1c2ccccc2C(c2ccccc2)=Nc2cccnc21.O. The number of para-hydroxylation sites is 1. The fraction of sp³-hybridized carbons (Fsp3) is 0.0952. The Balaban J connectivity index is 0.00000210. The number of nitrogens with zero attached hydrogens (tertiary/aromatic N) is 3. The van der Waals surface area contributed by atoms with Crippen LogP contribution >= 0.6 is 0 Å². The molecule has 4 rings (SSSR count). The molecule has 0 aliphatic carbocycles. The van der Waals surface area contributed by atoms with Crippen LogP contribution in [0, 0.1) is 0 Å². The second-order valence-corrected chi connectivity index (χ2v) is 6.06. The number of carbonyl (C=O) groups is 1. The van der Waals surface area contributed by atoms with Crippen LogP contribution in [-0.4, -0.2) is 28.6 Å². The molecule has 6 nitrogen and oxygen atoms in total. The molecule has 3 aromatic rings. The van der Waals surface area contributed by atoms with Gasteiger partial charge in [0.25, 0.3) is 0 Å². The van der Waals surface area contributed by atoms with Crippen molar-refractivity contribution in [2.24, 2.45) is 10.7 Å². The maximum Gasteiger partial charge on any atom is 0.219 e. The molecule has 1 aliphatic heterocycles. The Labute approximate surface area is 157 Å². The maximum absolute atomic E-state index is 11.4. The molecular weight excluding hydrogens is 340 g/mol. The minimum Gasteiger partial charge on any atom is -0.412 e. The highest BCUT2D eigenvalue weighted by Crippen LogP contribution is 2.38. The van der Waals surface area contributed by atoms with Crippen LogP contribution in [0.4, 0.5) is 17.2 Å². The fourth-order valence-electron chi connectivity index (χ4n) is 3.15. The highest BCUT2D eigenvalue weighted by Gasteiger charge is 2.24. The summed E-state index contributed by atoms with van der Waals surface area (Å²) in [4.78, 5) is 22.9. The number of carbonyl (C=O) groups excluding carboxylic acids is 1. The number of hydrogen-bond donors (Lipinski definition) is 1. The van der Waals surface area contributed by atoms with Crippen LogP contribution in [0.2, 0.25) is 0 Å². The van der Waals surface area contributed by atoms with Crippen LogP contribution in [0.25, 0.3) is 0 Å². The van der Waals surface area contributed by atoms with E-state index in [1.165, 1.54) is 0 Å². The van der Waals surface area contributed by atoms with E-state index in [1.54, 1.807) is 6.20 Å². The van der Waals surface area contributed by atoms with Gasteiger partial charge in [-0.1, -0.05) is 48.5 Å². The molecule has 136 valence electrons. The molecule has 0 atom stereocenters. The number of amides is 1. The van der Waals surface area contributed by atoms with E-state index in [2.05, 4.69) is 4.98 Å². The number of benzene rings is 2. The van der Waals surface area contributed by atoms with E-state index in [-0.39, 0.29) is 17.8 Å². The number of aliphatic imine (C=N–C) groups is 1. The lowest BCUT2D eigenvalue weighted by atomic mass is 10.00. The first-order chi connectivity index (χ1) is 12.7. The van der Waals surface area contributed by atoms with Crippen LogP contribution in [0.15, 0.2) is 77.9 Å². The summed E-state index contributed by atoms with van der Waals surface area (Å²) in [6.45, 7) is 0.452. The normalized spacial score (nSPS) is 12.1. The number of primary amides is 1. The van der Waals surface area contributed by atoms with Crippen molar-refractivity contribution < 1.29 is 10.3 Å². The Hall–Kier alpha value is -3.51. The Morgan fingerprint density at radius 2 is 1.70 bits per heavy atom. The minimum absolute atomic E-state index is 0. The lowest BCUT2D eigenvalue weighted by Gasteiger charge is -2.24. The van der Waals surface area contributed by atoms with Gasteiger partial charge in [0.1, 0.15) is 5.69 Å². The second kappa shape index (κ2) is 7.80. The van der Waals surface area contributed by atoms with Gasteiger partial charge in [-0.2, -0.15) is 0 Å². The van der Waals surface area contributed by atoms with Crippen molar-refractivity contribution in [3.8, 4) is 0 Å². The predicted octanol–water partition coefficient (Wildman–Crippen LogP) is 2.75. The van der Waals surface area contributed by atoms with E-state index < -0.39 is 0 Å². The molecule has 0 saturated carbocycles. The molecule has 0 fully saturated rings. The Bertz CT molecular complexity index is 986. The molecule has 0 saturated heterocycles. The molecule has 1 amide bonds. The molecule has 0 spiro atoms. The van der Waals surface area contributed by atoms with Crippen molar-refractivity contribution in [3.63, 3.8) is 0 Å². The summed E-state index contributed by atoms with van der Waals surface area (Å²) in [5.41, 5.74) is 10.1. The van der Waals surface area contributed by atoms with Gasteiger partial charge in [-0.25, -0.2) is 9.98 Å². The van der Waals surface area contributed by atoms with Gasteiger partial charge in [-0.3, -0.25) is 4.79 Å². The van der Waals surface area contributed by atoms with Crippen molar-refractivity contribution in [1.82, 2.24) is 4.98 Å². The van der Waals surface area contributed by atoms with E-state index in [0.717, 1.165) is 34.0 Å². The number of anilines is 2. The number of aromatic nitrogens is 1. The summed E-state index contributed by atoms with van der Waals surface area (Å²) in [5, 5.41) is 0. The zero-order valence-corrected chi connectivity index (χ0v) is 14.7. The maximum atomic E-state index is 11.4. The minimum atomic E-state index is -0.339. The second-order valence-electron chi connectivity index (χ2n) is 6.06. The molecule has 0 bridgehead atoms. The predicted molar refractivity (Wildman–Crippen MR) is 107 cm³/mol. The van der Waals surface area contributed by atoms with Gasteiger partial charge in [0.2, 0.25) is 5.91 Å². The smallest absolute Gasteiger partial charge is 0.219 e. The Morgan fingerprint density at radius 1 is 0.963 bits per heavy atom. The first-order valence-corrected chi connectivity index (χ1v) is 8.48. The zero-order valence-electron chi connectivity index (χ0n) is 14.7. The number of pyridine rings is 1. The van der Waals surface area contributed by atoms with Gasteiger partial charge in [-0.15, -0.1) is 0 Å². The number of rotatable bonds is 4. The summed E-state index contributed by atoms with van der Waals surface area (Å²) < 4.78 is 0. The summed E-state index contributed by atoms with van der Waals surface area (Å²) in [5.74, 6) is 0.389. The van der Waals surface area contributed by atoms with E-state index >= 15 is 0 Å². The summed E-state index contributed by atoms with van der Waals surface area (Å²) >= 11 is 0. The van der Waals surface area contributed by atoms with Crippen LogP contribution in [-0.2, 0) is 4.79 Å². The van der Waals surface area contributed by atoms with Crippen LogP contribution in [0.3, 0.4) is 0 Å². The summed E-state index contributed by atoms with van der Waals surface area (Å²) in [6.07, 6.45) is 1.98. The van der Waals surface area contributed by atoms with Crippen LogP contribution < -0.4 is 10.6 Å². The number of hydrogen-bond acceptors (Lipinski definition) is 4.